The Morgan fingerprint density at radius 1 is 1.08 bits per heavy atom. The van der Waals surface area contributed by atoms with Gasteiger partial charge in [0.2, 0.25) is 5.91 Å². The molecule has 1 saturated heterocycles. The molecule has 188 valence electrons. The number of aromatic nitrogens is 2. The molecule has 1 aliphatic rings. The van der Waals surface area contributed by atoms with Crippen molar-refractivity contribution in [3.05, 3.63) is 114 Å². The van der Waals surface area contributed by atoms with Gasteiger partial charge in [-0.05, 0) is 72.7 Å². The largest absolute Gasteiger partial charge is 0.352 e. The topological polar surface area (TPSA) is 62.2 Å². The maximum Gasteiger partial charge on any atom is 0.226 e. The van der Waals surface area contributed by atoms with Gasteiger partial charge in [0.05, 0.1) is 17.8 Å². The van der Waals surface area contributed by atoms with Crippen LogP contribution < -0.4 is 10.6 Å². The van der Waals surface area contributed by atoms with Crippen LogP contribution in [0.15, 0.2) is 91.3 Å². The summed E-state index contributed by atoms with van der Waals surface area (Å²) in [6, 6.07) is 23.5. The van der Waals surface area contributed by atoms with Crippen LogP contribution in [-0.4, -0.2) is 32.0 Å². The van der Waals surface area contributed by atoms with Crippen molar-refractivity contribution < 1.29 is 9.18 Å². The minimum Gasteiger partial charge on any atom is -0.352 e. The first-order valence-electron chi connectivity index (χ1n) is 12.3. The average molecular weight is 514 g/mol. The van der Waals surface area contributed by atoms with Crippen molar-refractivity contribution in [3.63, 3.8) is 0 Å². The van der Waals surface area contributed by atoms with E-state index in [0.29, 0.717) is 17.3 Å². The lowest BCUT2D eigenvalue weighted by Gasteiger charge is -2.29. The molecule has 0 bridgehead atoms. The number of hydrogen-bond acceptors (Lipinski definition) is 3. The third-order valence-corrected chi connectivity index (χ3v) is 6.97. The summed E-state index contributed by atoms with van der Waals surface area (Å²) in [6.07, 6.45) is 4.75. The van der Waals surface area contributed by atoms with Crippen molar-refractivity contribution in [1.29, 1.82) is 0 Å². The van der Waals surface area contributed by atoms with Gasteiger partial charge in [-0.1, -0.05) is 37.3 Å². The zero-order chi connectivity index (χ0) is 25.8. The molecule has 2 N–H and O–H groups in total. The second-order valence-corrected chi connectivity index (χ2v) is 9.30. The van der Waals surface area contributed by atoms with Crippen LogP contribution in [0.2, 0.25) is 0 Å². The first kappa shape index (κ1) is 24.6. The molecule has 37 heavy (non-hydrogen) atoms. The van der Waals surface area contributed by atoms with Crippen molar-refractivity contribution in [2.24, 2.45) is 0 Å². The fourth-order valence-electron chi connectivity index (χ4n) is 4.85. The van der Waals surface area contributed by atoms with Crippen molar-refractivity contribution in [2.45, 2.75) is 31.8 Å². The van der Waals surface area contributed by atoms with Crippen LogP contribution in [0.3, 0.4) is 0 Å². The van der Waals surface area contributed by atoms with Gasteiger partial charge < -0.3 is 20.1 Å². The third kappa shape index (κ3) is 5.24. The van der Waals surface area contributed by atoms with Crippen LogP contribution in [0, 0.1) is 5.82 Å². The highest BCUT2D eigenvalue weighted by Crippen LogP contribution is 2.39. The van der Waals surface area contributed by atoms with Crippen LogP contribution in [0.5, 0.6) is 0 Å². The number of anilines is 1. The predicted octanol–water partition coefficient (Wildman–Crippen LogP) is 5.58. The predicted molar refractivity (Wildman–Crippen MR) is 147 cm³/mol. The Bertz CT molecular complexity index is 1410. The van der Waals surface area contributed by atoms with Gasteiger partial charge in [-0.25, -0.2) is 4.39 Å². The number of nitrogens with zero attached hydrogens (tertiary/aromatic N) is 3. The highest BCUT2D eigenvalue weighted by molar-refractivity contribution is 7.80. The lowest BCUT2D eigenvalue weighted by atomic mass is 10.0. The molecule has 0 saturated carbocycles. The smallest absolute Gasteiger partial charge is 0.226 e. The number of carbonyl (C=O) groups is 1. The summed E-state index contributed by atoms with van der Waals surface area (Å²) in [6.45, 7) is 2.48. The number of benzene rings is 2. The fraction of sp³-hybridized carbons (Fsp3) is 0.207. The van der Waals surface area contributed by atoms with Gasteiger partial charge in [-0.2, -0.15) is 0 Å². The van der Waals surface area contributed by atoms with Crippen molar-refractivity contribution in [3.8, 4) is 5.69 Å². The molecular weight excluding hydrogens is 485 g/mol. The van der Waals surface area contributed by atoms with Crippen LogP contribution in [0.4, 0.5) is 10.1 Å². The highest BCUT2D eigenvalue weighted by Gasteiger charge is 2.41. The molecule has 2 aromatic heterocycles. The summed E-state index contributed by atoms with van der Waals surface area (Å²) >= 11 is 5.76. The van der Waals surface area contributed by atoms with Crippen LogP contribution >= 0.6 is 12.2 Å². The molecule has 0 radical (unpaired) electrons. The monoisotopic (exact) mass is 513 g/mol. The van der Waals surface area contributed by atoms with Gasteiger partial charge in [0.1, 0.15) is 5.82 Å². The number of nitrogens with one attached hydrogen (secondary N) is 2. The van der Waals surface area contributed by atoms with E-state index in [1.165, 1.54) is 12.1 Å². The third-order valence-electron chi connectivity index (χ3n) is 6.62. The number of pyridine rings is 1. The number of thiocarbonyl (C=S) groups is 1. The van der Waals surface area contributed by atoms with Gasteiger partial charge in [0.15, 0.2) is 5.11 Å². The van der Waals surface area contributed by atoms with Gasteiger partial charge in [-0.3, -0.25) is 9.78 Å². The van der Waals surface area contributed by atoms with Gasteiger partial charge in [0.25, 0.3) is 0 Å². The Morgan fingerprint density at radius 3 is 2.70 bits per heavy atom. The van der Waals surface area contributed by atoms with E-state index in [-0.39, 0.29) is 30.2 Å². The number of hydrogen-bond donors (Lipinski definition) is 2. The molecule has 0 spiro atoms. The second kappa shape index (κ2) is 10.9. The molecule has 8 heteroatoms. The first-order chi connectivity index (χ1) is 18.0. The van der Waals surface area contributed by atoms with E-state index in [1.807, 2.05) is 76.3 Å². The number of halogens is 1. The summed E-state index contributed by atoms with van der Waals surface area (Å²) in [5.41, 5.74) is 4.40. The Hall–Kier alpha value is -4.04. The van der Waals surface area contributed by atoms with E-state index in [9.17, 15) is 9.18 Å². The zero-order valence-electron chi connectivity index (χ0n) is 20.5. The number of carbonyl (C=O) groups excluding carboxylic acids is 1. The molecule has 4 aromatic rings. The van der Waals surface area contributed by atoms with Gasteiger partial charge in [0, 0.05) is 42.4 Å². The van der Waals surface area contributed by atoms with E-state index in [1.54, 1.807) is 12.3 Å². The lowest BCUT2D eigenvalue weighted by molar-refractivity contribution is -0.116. The summed E-state index contributed by atoms with van der Waals surface area (Å²) in [7, 11) is 0. The van der Waals surface area contributed by atoms with Crippen LogP contribution in [-0.2, 0) is 11.2 Å². The quantitative estimate of drug-likeness (QED) is 0.302. The molecule has 2 aromatic carbocycles. The zero-order valence-corrected chi connectivity index (χ0v) is 21.3. The fourth-order valence-corrected chi connectivity index (χ4v) is 5.18. The maximum absolute atomic E-state index is 14.1. The molecule has 0 unspecified atom stereocenters. The van der Waals surface area contributed by atoms with E-state index in [4.69, 9.17) is 12.2 Å². The highest BCUT2D eigenvalue weighted by atomic mass is 32.1. The van der Waals surface area contributed by atoms with Crippen molar-refractivity contribution in [2.75, 3.05) is 11.9 Å². The summed E-state index contributed by atoms with van der Waals surface area (Å²) < 4.78 is 16.0. The minimum atomic E-state index is -0.306. The van der Waals surface area contributed by atoms with Gasteiger partial charge >= 0.3 is 0 Å². The van der Waals surface area contributed by atoms with E-state index >= 15 is 0 Å². The Morgan fingerprint density at radius 2 is 1.92 bits per heavy atom. The lowest BCUT2D eigenvalue weighted by Crippen LogP contribution is -2.33. The molecule has 1 amide bonds. The summed E-state index contributed by atoms with van der Waals surface area (Å²) in [5, 5.41) is 7.01. The number of amides is 1. The van der Waals surface area contributed by atoms with Crippen LogP contribution in [0.25, 0.3) is 5.69 Å². The van der Waals surface area contributed by atoms with Crippen LogP contribution in [0.1, 0.15) is 42.4 Å². The molecular formula is C29H28FN5OS. The number of para-hydroxylation sites is 1. The molecule has 6 nitrogen and oxygen atoms in total. The molecule has 1 aliphatic heterocycles. The standard InChI is InChI=1S/C29H28FN5OS/c1-2-20-9-3-4-12-23(20)32-26(36)15-18-35-28(27(33-29(35)37)24-13-5-6-16-31-24)25-14-8-17-34(25)22-11-7-10-21(30)19-22/h3-14,16-17,19,27-28H,2,15,18H2,1H3,(H,32,36)(H,33,37)/t27-,28-/m1/s1. The van der Waals surface area contributed by atoms with E-state index in [0.717, 1.165) is 29.1 Å². The van der Waals surface area contributed by atoms with E-state index in [2.05, 4.69) is 22.5 Å². The number of rotatable bonds is 8. The molecule has 1 fully saturated rings. The second-order valence-electron chi connectivity index (χ2n) is 8.91. The van der Waals surface area contributed by atoms with Crippen molar-refractivity contribution >= 4 is 28.9 Å². The Balaban J connectivity index is 1.44. The summed E-state index contributed by atoms with van der Waals surface area (Å²) in [4.78, 5) is 19.6. The molecule has 2 atom stereocenters. The molecule has 3 heterocycles. The van der Waals surface area contributed by atoms with E-state index < -0.39 is 0 Å². The molecule has 5 rings (SSSR count). The SMILES string of the molecule is CCc1ccccc1NC(=O)CCN1C(=S)N[C@H](c2ccccn2)[C@H]1c1cccn1-c1cccc(F)c1. The maximum atomic E-state index is 14.1. The normalized spacial score (nSPS) is 17.0. The Labute approximate surface area is 221 Å². The number of aryl methyl sites for hydroxylation is 1. The van der Waals surface area contributed by atoms with Gasteiger partial charge in [-0.15, -0.1) is 0 Å². The Kier molecular flexibility index (Phi) is 7.28. The summed E-state index contributed by atoms with van der Waals surface area (Å²) in [5.74, 6) is -0.386. The molecule has 0 aliphatic carbocycles. The average Bonchev–Trinajstić information content (AvgIpc) is 3.52. The van der Waals surface area contributed by atoms with Crippen molar-refractivity contribution in [1.82, 2.24) is 19.8 Å². The minimum absolute atomic E-state index is 0.0794. The first-order valence-corrected chi connectivity index (χ1v) is 12.7.